The molecule has 2 amide bonds. The molecule has 0 bridgehead atoms. The Labute approximate surface area is 233 Å². The molecule has 41 heavy (non-hydrogen) atoms. The molecular formula is C27H29F4N5O5. The number of piperazine rings is 1. The van der Waals surface area contributed by atoms with Crippen molar-refractivity contribution in [3.05, 3.63) is 66.1 Å². The second kappa shape index (κ2) is 13.7. The van der Waals surface area contributed by atoms with Crippen LogP contribution < -0.4 is 10.1 Å². The van der Waals surface area contributed by atoms with Gasteiger partial charge in [-0.3, -0.25) is 19.2 Å². The Balaban J connectivity index is 0.000000587. The van der Waals surface area contributed by atoms with Crippen LogP contribution in [0.4, 0.5) is 23.2 Å². The van der Waals surface area contributed by atoms with Crippen LogP contribution in [0.25, 0.3) is 11.3 Å². The van der Waals surface area contributed by atoms with E-state index in [1.54, 1.807) is 29.9 Å². The lowest BCUT2D eigenvalue weighted by Crippen LogP contribution is -2.48. The minimum atomic E-state index is -5.08. The summed E-state index contributed by atoms with van der Waals surface area (Å²) >= 11 is 0. The lowest BCUT2D eigenvalue weighted by Gasteiger charge is -2.34. The number of halogens is 4. The highest BCUT2D eigenvalue weighted by Gasteiger charge is 2.38. The number of carbonyl (C=O) groups is 3. The van der Waals surface area contributed by atoms with Gasteiger partial charge < -0.3 is 20.1 Å². The molecule has 3 aromatic rings. The van der Waals surface area contributed by atoms with Gasteiger partial charge in [-0.15, -0.1) is 0 Å². The highest BCUT2D eigenvalue weighted by Crippen LogP contribution is 2.32. The van der Waals surface area contributed by atoms with Gasteiger partial charge in [0.15, 0.2) is 0 Å². The first-order valence-electron chi connectivity index (χ1n) is 12.4. The maximum absolute atomic E-state index is 13.5. The van der Waals surface area contributed by atoms with E-state index >= 15 is 0 Å². The van der Waals surface area contributed by atoms with Crippen molar-refractivity contribution in [3.63, 3.8) is 0 Å². The van der Waals surface area contributed by atoms with Crippen LogP contribution in [0.3, 0.4) is 0 Å². The van der Waals surface area contributed by atoms with Crippen molar-refractivity contribution in [3.8, 4) is 17.0 Å². The van der Waals surface area contributed by atoms with Crippen molar-refractivity contribution in [1.82, 2.24) is 19.6 Å². The molecule has 220 valence electrons. The summed E-state index contributed by atoms with van der Waals surface area (Å²) in [4.78, 5) is 37.1. The summed E-state index contributed by atoms with van der Waals surface area (Å²) < 4.78 is 53.1. The molecule has 4 rings (SSSR count). The number of benzene rings is 2. The molecule has 1 aliphatic rings. The minimum absolute atomic E-state index is 0.112. The third-order valence-electron chi connectivity index (χ3n) is 6.15. The number of aliphatic carboxylic acids is 1. The van der Waals surface area contributed by atoms with Crippen LogP contribution in [0, 0.1) is 5.82 Å². The Morgan fingerprint density at radius 2 is 1.73 bits per heavy atom. The molecule has 0 aliphatic carbocycles. The van der Waals surface area contributed by atoms with E-state index < -0.39 is 23.9 Å². The van der Waals surface area contributed by atoms with Crippen molar-refractivity contribution in [1.29, 1.82) is 0 Å². The Kier molecular flexibility index (Phi) is 10.4. The van der Waals surface area contributed by atoms with Crippen LogP contribution in [-0.4, -0.2) is 88.0 Å². The number of anilines is 1. The lowest BCUT2D eigenvalue weighted by atomic mass is 10.1. The van der Waals surface area contributed by atoms with E-state index in [2.05, 4.69) is 15.3 Å². The zero-order chi connectivity index (χ0) is 30.2. The van der Waals surface area contributed by atoms with Crippen molar-refractivity contribution < 1.29 is 41.8 Å². The number of carboxylic acid groups (broad SMARTS) is 1. The Morgan fingerprint density at radius 3 is 2.29 bits per heavy atom. The van der Waals surface area contributed by atoms with Gasteiger partial charge in [-0.1, -0.05) is 6.07 Å². The third kappa shape index (κ3) is 9.03. The number of amides is 2. The predicted molar refractivity (Wildman–Crippen MR) is 141 cm³/mol. The highest BCUT2D eigenvalue weighted by atomic mass is 19.4. The number of rotatable bonds is 7. The minimum Gasteiger partial charge on any atom is -0.492 e. The molecule has 2 aromatic carbocycles. The molecule has 2 N–H and O–H groups in total. The molecule has 1 aromatic heterocycles. The molecule has 2 heterocycles. The molecule has 10 nitrogen and oxygen atoms in total. The number of hydrogen-bond acceptors (Lipinski definition) is 6. The summed E-state index contributed by atoms with van der Waals surface area (Å²) in [5.74, 6) is -2.83. The largest absolute Gasteiger partial charge is 0.492 e. The monoisotopic (exact) mass is 579 g/mol. The number of carboxylic acids is 1. The van der Waals surface area contributed by atoms with Crippen molar-refractivity contribution in [2.45, 2.75) is 13.1 Å². The lowest BCUT2D eigenvalue weighted by molar-refractivity contribution is -0.192. The molecule has 0 saturated carbocycles. The fraction of sp³-hybridized carbons (Fsp3) is 0.333. The average molecular weight is 580 g/mol. The number of carbonyl (C=O) groups excluding carboxylic acids is 2. The van der Waals surface area contributed by atoms with E-state index in [0.717, 1.165) is 44.0 Å². The maximum Gasteiger partial charge on any atom is 0.490 e. The highest BCUT2D eigenvalue weighted by molar-refractivity contribution is 6.04. The molecule has 0 unspecified atom stereocenters. The first kappa shape index (κ1) is 31.1. The van der Waals surface area contributed by atoms with E-state index in [9.17, 15) is 27.2 Å². The van der Waals surface area contributed by atoms with Gasteiger partial charge in [0, 0.05) is 69.7 Å². The first-order valence-corrected chi connectivity index (χ1v) is 12.4. The second-order valence-corrected chi connectivity index (χ2v) is 9.01. The number of hydrogen-bond donors (Lipinski definition) is 2. The normalized spacial score (nSPS) is 13.7. The van der Waals surface area contributed by atoms with E-state index in [1.165, 1.54) is 18.2 Å². The van der Waals surface area contributed by atoms with Gasteiger partial charge in [-0.2, -0.15) is 18.3 Å². The zero-order valence-electron chi connectivity index (χ0n) is 22.3. The van der Waals surface area contributed by atoms with Gasteiger partial charge >= 0.3 is 12.1 Å². The van der Waals surface area contributed by atoms with Gasteiger partial charge in [0.05, 0.1) is 5.69 Å². The van der Waals surface area contributed by atoms with E-state index in [0.29, 0.717) is 18.0 Å². The van der Waals surface area contributed by atoms with Crippen LogP contribution in [0.2, 0.25) is 0 Å². The standard InChI is InChI=1S/C25H28FN5O3.C2HF3O2/c1-18(32)31-12-10-30(11-13-31)14-15-34-24-7-6-21(17-22(24)23-8-9-27-29(23)2)28-25(33)19-4-3-5-20(26)16-19;3-2(4,5)1(6)7/h3-9,16-17H,10-15H2,1-2H3,(H,28,33);(H,6,7). The van der Waals surface area contributed by atoms with Crippen molar-refractivity contribution >= 4 is 23.5 Å². The quantitative estimate of drug-likeness (QED) is 0.411. The van der Waals surface area contributed by atoms with Crippen LogP contribution in [0.5, 0.6) is 5.75 Å². The van der Waals surface area contributed by atoms with Crippen LogP contribution >= 0.6 is 0 Å². The van der Waals surface area contributed by atoms with Crippen LogP contribution in [0.1, 0.15) is 17.3 Å². The predicted octanol–water partition coefficient (Wildman–Crippen LogP) is 3.65. The molecule has 1 aliphatic heterocycles. The Hall–Kier alpha value is -4.46. The Bertz CT molecular complexity index is 1370. The number of alkyl halides is 3. The summed E-state index contributed by atoms with van der Waals surface area (Å²) in [5, 5.41) is 14.2. The van der Waals surface area contributed by atoms with Gasteiger partial charge in [0.2, 0.25) is 5.91 Å². The smallest absolute Gasteiger partial charge is 0.490 e. The van der Waals surface area contributed by atoms with Gasteiger partial charge in [-0.05, 0) is 42.5 Å². The number of aromatic nitrogens is 2. The number of nitrogens with zero attached hydrogens (tertiary/aromatic N) is 4. The van der Waals surface area contributed by atoms with Crippen LogP contribution in [-0.2, 0) is 16.6 Å². The number of ether oxygens (including phenoxy) is 1. The number of nitrogens with one attached hydrogen (secondary N) is 1. The summed E-state index contributed by atoms with van der Waals surface area (Å²) in [5.41, 5.74) is 2.44. The van der Waals surface area contributed by atoms with E-state index in [4.69, 9.17) is 14.6 Å². The second-order valence-electron chi connectivity index (χ2n) is 9.01. The van der Waals surface area contributed by atoms with E-state index in [-0.39, 0.29) is 11.5 Å². The Morgan fingerprint density at radius 1 is 1.05 bits per heavy atom. The molecule has 14 heteroatoms. The fourth-order valence-electron chi connectivity index (χ4n) is 3.98. The zero-order valence-corrected chi connectivity index (χ0v) is 22.3. The molecule has 1 saturated heterocycles. The van der Waals surface area contributed by atoms with Gasteiger partial charge in [0.1, 0.15) is 18.2 Å². The fourth-order valence-corrected chi connectivity index (χ4v) is 3.98. The summed E-state index contributed by atoms with van der Waals surface area (Å²) in [6, 6.07) is 12.8. The van der Waals surface area contributed by atoms with Crippen molar-refractivity contribution in [2.24, 2.45) is 7.05 Å². The van der Waals surface area contributed by atoms with E-state index in [1.807, 2.05) is 30.1 Å². The first-order chi connectivity index (χ1) is 19.3. The maximum atomic E-state index is 13.5. The SMILES string of the molecule is CC(=O)N1CCN(CCOc2ccc(NC(=O)c3cccc(F)c3)cc2-c2ccnn2C)CC1.O=C(O)C(F)(F)F. The molecule has 0 radical (unpaired) electrons. The van der Waals surface area contributed by atoms with Crippen LogP contribution in [0.15, 0.2) is 54.7 Å². The molecule has 0 atom stereocenters. The third-order valence-corrected chi connectivity index (χ3v) is 6.15. The summed E-state index contributed by atoms with van der Waals surface area (Å²) in [6.07, 6.45) is -3.38. The molecule has 0 spiro atoms. The summed E-state index contributed by atoms with van der Waals surface area (Å²) in [6.45, 7) is 5.94. The van der Waals surface area contributed by atoms with Gasteiger partial charge in [-0.25, -0.2) is 9.18 Å². The average Bonchev–Trinajstić information content (AvgIpc) is 3.35. The number of aryl methyl sites for hydroxylation is 1. The molecular weight excluding hydrogens is 550 g/mol. The molecule has 1 fully saturated rings. The van der Waals surface area contributed by atoms with Gasteiger partial charge in [0.25, 0.3) is 5.91 Å². The summed E-state index contributed by atoms with van der Waals surface area (Å²) in [7, 11) is 1.84. The van der Waals surface area contributed by atoms with Crippen molar-refractivity contribution in [2.75, 3.05) is 44.6 Å². The topological polar surface area (TPSA) is 117 Å².